The molecule has 106 valence electrons. The van der Waals surface area contributed by atoms with Crippen molar-refractivity contribution < 1.29 is 4.79 Å². The lowest BCUT2D eigenvalue weighted by molar-refractivity contribution is 0.112. The van der Waals surface area contributed by atoms with Crippen molar-refractivity contribution in [2.24, 2.45) is 0 Å². The Morgan fingerprint density at radius 2 is 1.86 bits per heavy atom. The van der Waals surface area contributed by atoms with Crippen molar-refractivity contribution in [2.75, 3.05) is 0 Å². The fraction of sp³-hybridized carbons (Fsp3) is 0.222. The lowest BCUT2D eigenvalue weighted by Gasteiger charge is -2.08. The first-order chi connectivity index (χ1) is 10.3. The standard InChI is InChI=1S/C18H18N2O/c1-2-11-20-17-6-4-3-5-16(17)19-18(20)12-14-7-9-15(13-21)10-8-14/h3-10,13H,2,11-12H2,1H3. The molecule has 0 aliphatic heterocycles. The van der Waals surface area contributed by atoms with E-state index in [1.165, 1.54) is 11.1 Å². The second-order valence-corrected chi connectivity index (χ2v) is 5.20. The van der Waals surface area contributed by atoms with Crippen LogP contribution in [-0.4, -0.2) is 15.8 Å². The lowest BCUT2D eigenvalue weighted by Crippen LogP contribution is -2.04. The second kappa shape index (κ2) is 5.92. The van der Waals surface area contributed by atoms with Crippen molar-refractivity contribution in [2.45, 2.75) is 26.3 Å². The predicted octanol–water partition coefficient (Wildman–Crippen LogP) is 3.85. The molecule has 0 fully saturated rings. The fourth-order valence-corrected chi connectivity index (χ4v) is 2.63. The zero-order valence-electron chi connectivity index (χ0n) is 12.1. The Morgan fingerprint density at radius 3 is 2.57 bits per heavy atom. The molecule has 0 bridgehead atoms. The summed E-state index contributed by atoms with van der Waals surface area (Å²) in [6.45, 7) is 3.15. The molecule has 1 aromatic heterocycles. The minimum Gasteiger partial charge on any atom is -0.328 e. The summed E-state index contributed by atoms with van der Waals surface area (Å²) in [6, 6.07) is 16.0. The van der Waals surface area contributed by atoms with Gasteiger partial charge in [-0.2, -0.15) is 0 Å². The van der Waals surface area contributed by atoms with E-state index in [9.17, 15) is 4.79 Å². The molecule has 0 aliphatic rings. The molecule has 0 N–H and O–H groups in total. The van der Waals surface area contributed by atoms with Crippen molar-refractivity contribution in [3.8, 4) is 0 Å². The Kier molecular flexibility index (Phi) is 3.82. The highest BCUT2D eigenvalue weighted by molar-refractivity contribution is 5.76. The van der Waals surface area contributed by atoms with Crippen LogP contribution in [0.25, 0.3) is 11.0 Å². The third-order valence-electron chi connectivity index (χ3n) is 3.66. The summed E-state index contributed by atoms with van der Waals surface area (Å²) in [4.78, 5) is 15.5. The van der Waals surface area contributed by atoms with E-state index in [4.69, 9.17) is 4.98 Å². The molecule has 1 heterocycles. The molecule has 0 amide bonds. The maximum atomic E-state index is 10.7. The molecule has 3 aromatic rings. The average Bonchev–Trinajstić information content (AvgIpc) is 2.86. The molecule has 21 heavy (non-hydrogen) atoms. The SMILES string of the molecule is CCCn1c(Cc2ccc(C=O)cc2)nc2ccccc21. The first-order valence-electron chi connectivity index (χ1n) is 7.30. The number of imidazole rings is 1. The van der Waals surface area contributed by atoms with Crippen molar-refractivity contribution in [1.82, 2.24) is 9.55 Å². The van der Waals surface area contributed by atoms with Crippen molar-refractivity contribution in [1.29, 1.82) is 0 Å². The van der Waals surface area contributed by atoms with E-state index in [0.717, 1.165) is 37.0 Å². The number of fused-ring (bicyclic) bond motifs is 1. The Bertz CT molecular complexity index is 756. The largest absolute Gasteiger partial charge is 0.328 e. The van der Waals surface area contributed by atoms with Crippen LogP contribution in [0.15, 0.2) is 48.5 Å². The maximum absolute atomic E-state index is 10.7. The maximum Gasteiger partial charge on any atom is 0.150 e. The van der Waals surface area contributed by atoms with Gasteiger partial charge in [0.05, 0.1) is 11.0 Å². The van der Waals surface area contributed by atoms with Gasteiger partial charge in [0, 0.05) is 18.5 Å². The molecular formula is C18H18N2O. The van der Waals surface area contributed by atoms with E-state index in [-0.39, 0.29) is 0 Å². The first-order valence-corrected chi connectivity index (χ1v) is 7.30. The zero-order valence-corrected chi connectivity index (χ0v) is 12.1. The number of rotatable bonds is 5. The van der Waals surface area contributed by atoms with Gasteiger partial charge in [-0.05, 0) is 24.1 Å². The topological polar surface area (TPSA) is 34.9 Å². The number of aryl methyl sites for hydroxylation is 1. The van der Waals surface area contributed by atoms with E-state index in [2.05, 4.69) is 29.7 Å². The molecule has 3 rings (SSSR count). The number of carbonyl (C=O) groups excluding carboxylic acids is 1. The van der Waals surface area contributed by atoms with Crippen molar-refractivity contribution in [3.05, 3.63) is 65.5 Å². The Balaban J connectivity index is 1.98. The number of aldehydes is 1. The number of benzene rings is 2. The van der Waals surface area contributed by atoms with Gasteiger partial charge in [0.15, 0.2) is 0 Å². The van der Waals surface area contributed by atoms with Gasteiger partial charge in [-0.3, -0.25) is 4.79 Å². The van der Waals surface area contributed by atoms with Gasteiger partial charge in [0.2, 0.25) is 0 Å². The first kappa shape index (κ1) is 13.6. The van der Waals surface area contributed by atoms with E-state index in [0.29, 0.717) is 5.56 Å². The second-order valence-electron chi connectivity index (χ2n) is 5.20. The fourth-order valence-electron chi connectivity index (χ4n) is 2.63. The Hall–Kier alpha value is -2.42. The van der Waals surface area contributed by atoms with Crippen molar-refractivity contribution in [3.63, 3.8) is 0 Å². The number of aromatic nitrogens is 2. The van der Waals surface area contributed by atoms with Crippen molar-refractivity contribution >= 4 is 17.3 Å². The lowest BCUT2D eigenvalue weighted by atomic mass is 10.1. The third-order valence-corrected chi connectivity index (χ3v) is 3.66. The quantitative estimate of drug-likeness (QED) is 0.664. The van der Waals surface area contributed by atoms with Crippen LogP contribution in [-0.2, 0) is 13.0 Å². The molecule has 2 aromatic carbocycles. The van der Waals surface area contributed by atoms with Gasteiger partial charge in [0.25, 0.3) is 0 Å². The minimum atomic E-state index is 0.709. The van der Waals surface area contributed by atoms with Crippen LogP contribution >= 0.6 is 0 Å². The van der Waals surface area contributed by atoms with Gasteiger partial charge in [0.1, 0.15) is 12.1 Å². The summed E-state index contributed by atoms with van der Waals surface area (Å²) in [7, 11) is 0. The molecule has 3 nitrogen and oxygen atoms in total. The molecule has 3 heteroatoms. The van der Waals surface area contributed by atoms with Crippen LogP contribution in [0.4, 0.5) is 0 Å². The predicted molar refractivity (Wildman–Crippen MR) is 84.7 cm³/mol. The summed E-state index contributed by atoms with van der Waals surface area (Å²) >= 11 is 0. The molecule has 0 saturated carbocycles. The molecule has 0 unspecified atom stereocenters. The Morgan fingerprint density at radius 1 is 1.10 bits per heavy atom. The number of nitrogens with zero attached hydrogens (tertiary/aromatic N) is 2. The van der Waals surface area contributed by atoms with Gasteiger partial charge in [-0.15, -0.1) is 0 Å². The number of carbonyl (C=O) groups is 1. The van der Waals surface area contributed by atoms with Crippen LogP contribution < -0.4 is 0 Å². The van der Waals surface area contributed by atoms with Crippen LogP contribution in [0.2, 0.25) is 0 Å². The molecule has 0 atom stereocenters. The summed E-state index contributed by atoms with van der Waals surface area (Å²) in [5.74, 6) is 1.08. The Labute approximate surface area is 124 Å². The number of hydrogen-bond donors (Lipinski definition) is 0. The summed E-state index contributed by atoms with van der Waals surface area (Å²) < 4.78 is 2.29. The number of para-hydroxylation sites is 2. The molecular weight excluding hydrogens is 260 g/mol. The molecule has 0 radical (unpaired) electrons. The molecule has 0 spiro atoms. The van der Waals surface area contributed by atoms with Gasteiger partial charge < -0.3 is 4.57 Å². The summed E-state index contributed by atoms with van der Waals surface area (Å²) in [5, 5.41) is 0. The average molecular weight is 278 g/mol. The van der Waals surface area contributed by atoms with E-state index >= 15 is 0 Å². The van der Waals surface area contributed by atoms with E-state index < -0.39 is 0 Å². The van der Waals surface area contributed by atoms with Crippen LogP contribution in [0.3, 0.4) is 0 Å². The highest BCUT2D eigenvalue weighted by atomic mass is 16.1. The van der Waals surface area contributed by atoms with Crippen LogP contribution in [0.5, 0.6) is 0 Å². The van der Waals surface area contributed by atoms with Crippen LogP contribution in [0.1, 0.15) is 35.1 Å². The normalized spacial score (nSPS) is 10.9. The highest BCUT2D eigenvalue weighted by Crippen LogP contribution is 2.19. The monoisotopic (exact) mass is 278 g/mol. The van der Waals surface area contributed by atoms with E-state index in [1.807, 2.05) is 30.3 Å². The highest BCUT2D eigenvalue weighted by Gasteiger charge is 2.10. The third kappa shape index (κ3) is 2.72. The molecule has 0 aliphatic carbocycles. The van der Waals surface area contributed by atoms with Crippen LogP contribution in [0, 0.1) is 0 Å². The van der Waals surface area contributed by atoms with E-state index in [1.54, 1.807) is 0 Å². The summed E-state index contributed by atoms with van der Waals surface area (Å²) in [5.41, 5.74) is 4.12. The zero-order chi connectivity index (χ0) is 14.7. The van der Waals surface area contributed by atoms with Gasteiger partial charge >= 0.3 is 0 Å². The number of hydrogen-bond acceptors (Lipinski definition) is 2. The van der Waals surface area contributed by atoms with Gasteiger partial charge in [-0.25, -0.2) is 4.98 Å². The summed E-state index contributed by atoms with van der Waals surface area (Å²) in [6.07, 6.45) is 2.74. The minimum absolute atomic E-state index is 0.709. The smallest absolute Gasteiger partial charge is 0.150 e. The molecule has 0 saturated heterocycles. The van der Waals surface area contributed by atoms with Gasteiger partial charge in [-0.1, -0.05) is 43.3 Å².